The number of nitrogens with zero attached hydrogens (tertiary/aromatic N) is 3. The number of nitrogens with one attached hydrogen (secondary N) is 2. The molecule has 0 saturated carbocycles. The van der Waals surface area contributed by atoms with E-state index in [1.165, 1.54) is 5.56 Å². The summed E-state index contributed by atoms with van der Waals surface area (Å²) in [4.78, 5) is 21.2. The maximum Gasteiger partial charge on any atom is 0.234 e. The van der Waals surface area contributed by atoms with E-state index >= 15 is 0 Å². The van der Waals surface area contributed by atoms with E-state index in [2.05, 4.69) is 55.4 Å². The lowest BCUT2D eigenvalue weighted by Gasteiger charge is -2.36. The Morgan fingerprint density at radius 1 is 1.19 bits per heavy atom. The van der Waals surface area contributed by atoms with Crippen LogP contribution in [0.25, 0.3) is 0 Å². The molecule has 0 atom stereocenters. The van der Waals surface area contributed by atoms with Gasteiger partial charge in [-0.3, -0.25) is 9.69 Å². The number of amides is 1. The number of halogens is 2. The molecule has 6 nitrogen and oxygen atoms in total. The molecule has 1 saturated heterocycles. The van der Waals surface area contributed by atoms with Crippen molar-refractivity contribution in [2.75, 3.05) is 39.3 Å². The van der Waals surface area contributed by atoms with E-state index < -0.39 is 0 Å². The van der Waals surface area contributed by atoms with Crippen molar-refractivity contribution >= 4 is 51.8 Å². The molecule has 1 aliphatic heterocycles. The van der Waals surface area contributed by atoms with Crippen molar-refractivity contribution in [3.05, 3.63) is 34.3 Å². The third-order valence-corrected chi connectivity index (χ3v) is 4.68. The molecule has 0 aliphatic carbocycles. The maximum atomic E-state index is 11.9. The highest BCUT2D eigenvalue weighted by atomic mass is 127. The summed E-state index contributed by atoms with van der Waals surface area (Å²) in [5.74, 6) is 1.05. The highest BCUT2D eigenvalue weighted by Crippen LogP contribution is 2.11. The van der Waals surface area contributed by atoms with E-state index in [1.54, 1.807) is 0 Å². The maximum absolute atomic E-state index is 11.9. The summed E-state index contributed by atoms with van der Waals surface area (Å²) in [6.45, 7) is 11.5. The highest BCUT2D eigenvalue weighted by molar-refractivity contribution is 14.0. The van der Waals surface area contributed by atoms with Gasteiger partial charge in [-0.1, -0.05) is 28.1 Å². The van der Waals surface area contributed by atoms with Gasteiger partial charge in [0.15, 0.2) is 5.96 Å². The largest absolute Gasteiger partial charge is 0.357 e. The van der Waals surface area contributed by atoms with Crippen molar-refractivity contribution in [3.63, 3.8) is 0 Å². The van der Waals surface area contributed by atoms with Crippen molar-refractivity contribution < 1.29 is 4.79 Å². The van der Waals surface area contributed by atoms with E-state index in [-0.39, 0.29) is 35.9 Å². The van der Waals surface area contributed by atoms with Crippen LogP contribution >= 0.6 is 39.9 Å². The van der Waals surface area contributed by atoms with E-state index in [0.29, 0.717) is 13.1 Å². The van der Waals surface area contributed by atoms with E-state index in [1.807, 2.05) is 26.0 Å². The molecule has 8 heteroatoms. The van der Waals surface area contributed by atoms with Gasteiger partial charge in [-0.05, 0) is 38.5 Å². The van der Waals surface area contributed by atoms with E-state index in [0.717, 1.165) is 43.2 Å². The Labute approximate surface area is 188 Å². The number of benzene rings is 1. The number of piperazine rings is 1. The number of rotatable bonds is 6. The quantitative estimate of drug-likeness (QED) is 0.324. The lowest BCUT2D eigenvalue weighted by Crippen LogP contribution is -2.54. The topological polar surface area (TPSA) is 60.0 Å². The van der Waals surface area contributed by atoms with Crippen LogP contribution < -0.4 is 10.6 Å². The zero-order chi connectivity index (χ0) is 18.9. The third-order valence-electron chi connectivity index (χ3n) is 4.15. The lowest BCUT2D eigenvalue weighted by atomic mass is 10.2. The van der Waals surface area contributed by atoms with Crippen molar-refractivity contribution in [1.29, 1.82) is 0 Å². The molecule has 27 heavy (non-hydrogen) atoms. The van der Waals surface area contributed by atoms with Gasteiger partial charge in [0.1, 0.15) is 0 Å². The molecule has 1 amide bonds. The molecule has 0 unspecified atom stereocenters. The average molecular weight is 552 g/mol. The van der Waals surface area contributed by atoms with Crippen molar-refractivity contribution in [3.8, 4) is 0 Å². The van der Waals surface area contributed by atoms with E-state index in [4.69, 9.17) is 4.99 Å². The molecule has 1 aliphatic rings. The van der Waals surface area contributed by atoms with Crippen LogP contribution in [0.2, 0.25) is 0 Å². The fraction of sp³-hybridized carbons (Fsp3) is 0.579. The summed E-state index contributed by atoms with van der Waals surface area (Å²) in [6.07, 6.45) is 0. The van der Waals surface area contributed by atoms with Crippen LogP contribution in [0.15, 0.2) is 33.7 Å². The van der Waals surface area contributed by atoms with Crippen LogP contribution in [-0.2, 0) is 11.3 Å². The summed E-state index contributed by atoms with van der Waals surface area (Å²) < 4.78 is 1.08. The lowest BCUT2D eigenvalue weighted by molar-refractivity contribution is -0.123. The Kier molecular flexibility index (Phi) is 11.2. The van der Waals surface area contributed by atoms with Gasteiger partial charge in [-0.15, -0.1) is 24.0 Å². The second kappa shape index (κ2) is 12.6. The fourth-order valence-electron chi connectivity index (χ4n) is 2.87. The molecule has 0 radical (unpaired) electrons. The number of carbonyl (C=O) groups is 1. The van der Waals surface area contributed by atoms with Crippen molar-refractivity contribution in [2.24, 2.45) is 4.99 Å². The monoisotopic (exact) mass is 551 g/mol. The third kappa shape index (κ3) is 8.78. The Hall–Kier alpha value is -0.870. The second-order valence-corrected chi connectivity index (χ2v) is 7.70. The van der Waals surface area contributed by atoms with Gasteiger partial charge in [-0.25, -0.2) is 4.99 Å². The first-order chi connectivity index (χ1) is 12.5. The molecule has 1 aromatic carbocycles. The zero-order valence-corrected chi connectivity index (χ0v) is 20.3. The first-order valence-electron chi connectivity index (χ1n) is 9.27. The first kappa shape index (κ1) is 24.2. The average Bonchev–Trinajstić information content (AvgIpc) is 2.60. The minimum absolute atomic E-state index is 0. The summed E-state index contributed by atoms with van der Waals surface area (Å²) in [6, 6.07) is 8.44. The van der Waals surface area contributed by atoms with Gasteiger partial charge in [-0.2, -0.15) is 0 Å². The first-order valence-corrected chi connectivity index (χ1v) is 10.1. The summed E-state index contributed by atoms with van der Waals surface area (Å²) in [5.41, 5.74) is 1.19. The van der Waals surface area contributed by atoms with Gasteiger partial charge in [0.05, 0.1) is 13.1 Å². The number of guanidine groups is 1. The van der Waals surface area contributed by atoms with Crippen LogP contribution in [0.1, 0.15) is 26.3 Å². The predicted molar refractivity (Wildman–Crippen MR) is 126 cm³/mol. The molecular weight excluding hydrogens is 521 g/mol. The second-order valence-electron chi connectivity index (χ2n) is 6.78. The number of aliphatic imine (C=N–C) groups is 1. The SMILES string of the molecule is CCNC(=NCc1ccc(Br)cc1)N1CCN(CC(=O)NC(C)C)CC1.I. The van der Waals surface area contributed by atoms with Gasteiger partial charge in [0, 0.05) is 43.2 Å². The van der Waals surface area contributed by atoms with Gasteiger partial charge < -0.3 is 15.5 Å². The van der Waals surface area contributed by atoms with Crippen molar-refractivity contribution in [2.45, 2.75) is 33.4 Å². The summed E-state index contributed by atoms with van der Waals surface area (Å²) in [7, 11) is 0. The summed E-state index contributed by atoms with van der Waals surface area (Å²) >= 11 is 3.46. The molecule has 0 aromatic heterocycles. The molecule has 2 N–H and O–H groups in total. The predicted octanol–water partition coefficient (Wildman–Crippen LogP) is 2.67. The van der Waals surface area contributed by atoms with Crippen LogP contribution in [0.5, 0.6) is 0 Å². The van der Waals surface area contributed by atoms with Crippen LogP contribution in [0, 0.1) is 0 Å². The minimum atomic E-state index is 0. The number of hydrogen-bond acceptors (Lipinski definition) is 3. The molecule has 0 spiro atoms. The minimum Gasteiger partial charge on any atom is -0.357 e. The zero-order valence-electron chi connectivity index (χ0n) is 16.4. The number of carbonyl (C=O) groups excluding carboxylic acids is 1. The smallest absolute Gasteiger partial charge is 0.234 e. The number of hydrogen-bond donors (Lipinski definition) is 2. The Morgan fingerprint density at radius 2 is 1.81 bits per heavy atom. The molecule has 1 aromatic rings. The standard InChI is InChI=1S/C19H30BrN5O.HI/c1-4-21-19(22-13-16-5-7-17(20)8-6-16)25-11-9-24(10-12-25)14-18(26)23-15(2)3;/h5-8,15H,4,9-14H2,1-3H3,(H,21,22)(H,23,26);1H. The molecule has 0 bridgehead atoms. The Bertz CT molecular complexity index is 601. The molecule has 152 valence electrons. The molecule has 1 fully saturated rings. The van der Waals surface area contributed by atoms with Crippen LogP contribution in [-0.4, -0.2) is 67.0 Å². The molecule has 1 heterocycles. The van der Waals surface area contributed by atoms with Gasteiger partial charge >= 0.3 is 0 Å². The van der Waals surface area contributed by atoms with Crippen LogP contribution in [0.4, 0.5) is 0 Å². The summed E-state index contributed by atoms with van der Waals surface area (Å²) in [5, 5.41) is 6.34. The van der Waals surface area contributed by atoms with Crippen molar-refractivity contribution in [1.82, 2.24) is 20.4 Å². The molecule has 2 rings (SSSR count). The van der Waals surface area contributed by atoms with Gasteiger partial charge in [0.25, 0.3) is 0 Å². The Balaban J connectivity index is 0.00000364. The molecular formula is C19H31BrIN5O. The van der Waals surface area contributed by atoms with Crippen LogP contribution in [0.3, 0.4) is 0 Å². The van der Waals surface area contributed by atoms with Gasteiger partial charge in [0.2, 0.25) is 5.91 Å². The highest BCUT2D eigenvalue weighted by Gasteiger charge is 2.21. The Morgan fingerprint density at radius 3 is 2.37 bits per heavy atom. The normalized spacial score (nSPS) is 15.4. The fourth-order valence-corrected chi connectivity index (χ4v) is 3.13. The van der Waals surface area contributed by atoms with E-state index in [9.17, 15) is 4.79 Å².